The Labute approximate surface area is 78.1 Å². The molecule has 0 saturated heterocycles. The van der Waals surface area contributed by atoms with Crippen LogP contribution in [0.2, 0.25) is 0 Å². The van der Waals surface area contributed by atoms with Crippen LogP contribution >= 0.6 is 0 Å². The molecule has 0 aromatic carbocycles. The van der Waals surface area contributed by atoms with Crippen LogP contribution in [0.4, 0.5) is 0 Å². The number of hydrogen-bond acceptors (Lipinski definition) is 1. The second-order valence-corrected chi connectivity index (χ2v) is 4.76. The van der Waals surface area contributed by atoms with Crippen LogP contribution in [-0.4, -0.2) is 24.5 Å². The molecule has 0 amide bonds. The molecule has 0 aromatic rings. The zero-order chi connectivity index (χ0) is 9.99. The second kappa shape index (κ2) is 3.78. The summed E-state index contributed by atoms with van der Waals surface area (Å²) in [7, 11) is 4.36. The summed E-state index contributed by atoms with van der Waals surface area (Å²) in [6.45, 7) is 11.6. The third-order valence-corrected chi connectivity index (χ3v) is 4.02. The van der Waals surface area contributed by atoms with E-state index in [2.05, 4.69) is 53.6 Å². The van der Waals surface area contributed by atoms with Gasteiger partial charge in [0.1, 0.15) is 0 Å². The molecule has 0 aliphatic rings. The Hall–Kier alpha value is -0.0400. The number of hydrogen-bond donors (Lipinski definition) is 0. The average Bonchev–Trinajstić information content (AvgIpc) is 2.02. The molecule has 0 rings (SSSR count). The monoisotopic (exact) mass is 171 g/mol. The summed E-state index contributed by atoms with van der Waals surface area (Å²) in [6, 6.07) is 0. The van der Waals surface area contributed by atoms with E-state index in [1.165, 1.54) is 12.8 Å². The maximum Gasteiger partial charge on any atom is 0.0223 e. The maximum atomic E-state index is 2.36. The topological polar surface area (TPSA) is 3.24 Å². The van der Waals surface area contributed by atoms with Crippen molar-refractivity contribution in [3.05, 3.63) is 0 Å². The summed E-state index contributed by atoms with van der Waals surface area (Å²) in [5.74, 6) is 0. The molecule has 74 valence electrons. The van der Waals surface area contributed by atoms with E-state index < -0.39 is 0 Å². The summed E-state index contributed by atoms with van der Waals surface area (Å²) >= 11 is 0. The normalized spacial score (nSPS) is 18.0. The molecular formula is C11H25N. The molecule has 0 unspecified atom stereocenters. The van der Waals surface area contributed by atoms with Crippen LogP contribution < -0.4 is 0 Å². The van der Waals surface area contributed by atoms with Crippen LogP contribution in [0, 0.1) is 5.41 Å². The molecule has 0 aliphatic carbocycles. The van der Waals surface area contributed by atoms with Crippen molar-refractivity contribution >= 4 is 0 Å². The average molecular weight is 171 g/mol. The van der Waals surface area contributed by atoms with Gasteiger partial charge >= 0.3 is 0 Å². The maximum absolute atomic E-state index is 2.36. The molecule has 1 nitrogen and oxygen atoms in total. The zero-order valence-electron chi connectivity index (χ0n) is 9.86. The van der Waals surface area contributed by atoms with Crippen LogP contribution in [0.25, 0.3) is 0 Å². The molecule has 12 heavy (non-hydrogen) atoms. The van der Waals surface area contributed by atoms with Crippen LogP contribution in [-0.2, 0) is 0 Å². The predicted molar refractivity (Wildman–Crippen MR) is 56.5 cm³/mol. The number of rotatable bonds is 4. The van der Waals surface area contributed by atoms with Gasteiger partial charge < -0.3 is 4.90 Å². The van der Waals surface area contributed by atoms with Crippen molar-refractivity contribution in [2.24, 2.45) is 5.41 Å². The molecule has 1 heteroatoms. The van der Waals surface area contributed by atoms with Gasteiger partial charge in [-0.2, -0.15) is 0 Å². The van der Waals surface area contributed by atoms with E-state index in [-0.39, 0.29) is 0 Å². The van der Waals surface area contributed by atoms with Crippen molar-refractivity contribution in [1.29, 1.82) is 0 Å². The van der Waals surface area contributed by atoms with E-state index in [0.717, 1.165) is 0 Å². The van der Waals surface area contributed by atoms with Crippen molar-refractivity contribution < 1.29 is 0 Å². The molecule has 0 aliphatic heterocycles. The Kier molecular flexibility index (Phi) is 3.77. The van der Waals surface area contributed by atoms with Crippen LogP contribution in [0.1, 0.15) is 47.5 Å². The van der Waals surface area contributed by atoms with Crippen LogP contribution in [0.5, 0.6) is 0 Å². The van der Waals surface area contributed by atoms with Crippen molar-refractivity contribution in [2.45, 2.75) is 53.0 Å². The summed E-state index contributed by atoms with van der Waals surface area (Å²) in [6.07, 6.45) is 2.44. The minimum Gasteiger partial charge on any atom is -0.303 e. The lowest BCUT2D eigenvalue weighted by atomic mass is 9.69. The van der Waals surface area contributed by atoms with Crippen LogP contribution in [0.15, 0.2) is 0 Å². The fourth-order valence-corrected chi connectivity index (χ4v) is 1.78. The summed E-state index contributed by atoms with van der Waals surface area (Å²) < 4.78 is 0. The highest BCUT2D eigenvalue weighted by Crippen LogP contribution is 2.39. The van der Waals surface area contributed by atoms with Gasteiger partial charge in [0, 0.05) is 5.54 Å². The van der Waals surface area contributed by atoms with E-state index in [4.69, 9.17) is 0 Å². The van der Waals surface area contributed by atoms with Crippen molar-refractivity contribution in [2.75, 3.05) is 14.1 Å². The van der Waals surface area contributed by atoms with Gasteiger partial charge in [0.2, 0.25) is 0 Å². The van der Waals surface area contributed by atoms with Gasteiger partial charge in [-0.1, -0.05) is 27.7 Å². The van der Waals surface area contributed by atoms with E-state index >= 15 is 0 Å². The van der Waals surface area contributed by atoms with Crippen LogP contribution in [0.3, 0.4) is 0 Å². The molecule has 0 fully saturated rings. The molecule has 0 spiro atoms. The quantitative estimate of drug-likeness (QED) is 0.628. The van der Waals surface area contributed by atoms with E-state index in [1.54, 1.807) is 0 Å². The Balaban J connectivity index is 4.74. The van der Waals surface area contributed by atoms with E-state index in [0.29, 0.717) is 11.0 Å². The lowest BCUT2D eigenvalue weighted by molar-refractivity contribution is 0.0268. The first-order valence-corrected chi connectivity index (χ1v) is 4.99. The smallest absolute Gasteiger partial charge is 0.0223 e. The summed E-state index contributed by atoms with van der Waals surface area (Å²) in [5, 5.41) is 0. The first kappa shape index (κ1) is 12.0. The predicted octanol–water partition coefficient (Wildman–Crippen LogP) is 3.15. The van der Waals surface area contributed by atoms with Gasteiger partial charge in [-0.05, 0) is 39.3 Å². The fraction of sp³-hybridized carbons (Fsp3) is 1.00. The van der Waals surface area contributed by atoms with Gasteiger partial charge in [0.15, 0.2) is 0 Å². The van der Waals surface area contributed by atoms with Gasteiger partial charge in [-0.25, -0.2) is 0 Å². The first-order valence-electron chi connectivity index (χ1n) is 4.99. The van der Waals surface area contributed by atoms with Crippen molar-refractivity contribution in [3.63, 3.8) is 0 Å². The molecule has 0 saturated carbocycles. The van der Waals surface area contributed by atoms with Gasteiger partial charge in [0.25, 0.3) is 0 Å². The third kappa shape index (κ3) is 1.82. The Morgan fingerprint density at radius 2 is 1.33 bits per heavy atom. The van der Waals surface area contributed by atoms with Gasteiger partial charge in [-0.15, -0.1) is 0 Å². The molecule has 0 heterocycles. The molecular weight excluding hydrogens is 146 g/mol. The standard InChI is InChI=1S/C11H25N/c1-8-10(3,4)11(5,9-2)12(6)7/h8-9H2,1-7H3/t11-/m1/s1. The SMILES string of the molecule is CCC(C)(C)[C@@](C)(CC)N(C)C. The fourth-order valence-electron chi connectivity index (χ4n) is 1.78. The molecule has 0 radical (unpaired) electrons. The van der Waals surface area contributed by atoms with E-state index in [9.17, 15) is 0 Å². The molecule has 1 atom stereocenters. The van der Waals surface area contributed by atoms with Crippen molar-refractivity contribution in [1.82, 2.24) is 4.90 Å². The Bertz CT molecular complexity index is 138. The second-order valence-electron chi connectivity index (χ2n) is 4.76. The third-order valence-electron chi connectivity index (χ3n) is 4.02. The summed E-state index contributed by atoms with van der Waals surface area (Å²) in [4.78, 5) is 2.36. The molecule has 0 N–H and O–H groups in total. The zero-order valence-corrected chi connectivity index (χ0v) is 9.86. The van der Waals surface area contributed by atoms with Gasteiger partial charge in [-0.3, -0.25) is 0 Å². The Morgan fingerprint density at radius 3 is 1.42 bits per heavy atom. The van der Waals surface area contributed by atoms with Crippen molar-refractivity contribution in [3.8, 4) is 0 Å². The largest absolute Gasteiger partial charge is 0.303 e. The number of nitrogens with zero attached hydrogens (tertiary/aromatic N) is 1. The molecule has 0 aromatic heterocycles. The molecule has 0 bridgehead atoms. The minimum atomic E-state index is 0.321. The van der Waals surface area contributed by atoms with E-state index in [1.807, 2.05) is 0 Å². The lowest BCUT2D eigenvalue weighted by Crippen LogP contribution is -2.52. The highest BCUT2D eigenvalue weighted by molar-refractivity contribution is 4.94. The lowest BCUT2D eigenvalue weighted by Gasteiger charge is -2.48. The highest BCUT2D eigenvalue weighted by Gasteiger charge is 2.39. The highest BCUT2D eigenvalue weighted by atomic mass is 15.1. The Morgan fingerprint density at radius 1 is 0.917 bits per heavy atom. The van der Waals surface area contributed by atoms with Gasteiger partial charge in [0.05, 0.1) is 0 Å². The first-order chi connectivity index (χ1) is 5.31. The summed E-state index contributed by atoms with van der Waals surface area (Å²) in [5.41, 5.74) is 0.715. The minimum absolute atomic E-state index is 0.321.